The largest absolute Gasteiger partial charge is 0.444 e. The third-order valence-corrected chi connectivity index (χ3v) is 4.21. The number of rotatable bonds is 5. The Bertz CT molecular complexity index is 773. The standard InChI is InChI=1S/C18H14N2OS/c19-10-14-6-8-15(9-7-14)12-22-13-17-11-21-18(20-17)16-4-2-1-3-5-16/h1-9,11H,12-13H2. The maximum Gasteiger partial charge on any atom is 0.226 e. The molecule has 0 unspecified atom stereocenters. The molecule has 1 aromatic heterocycles. The lowest BCUT2D eigenvalue weighted by atomic mass is 10.2. The van der Waals surface area contributed by atoms with Crippen molar-refractivity contribution in [2.24, 2.45) is 0 Å². The van der Waals surface area contributed by atoms with Gasteiger partial charge in [0.25, 0.3) is 0 Å². The zero-order valence-corrected chi connectivity index (χ0v) is 12.7. The third-order valence-electron chi connectivity index (χ3n) is 3.17. The SMILES string of the molecule is N#Cc1ccc(CSCc2coc(-c3ccccc3)n2)cc1. The molecule has 0 saturated heterocycles. The van der Waals surface area contributed by atoms with Crippen LogP contribution in [0.4, 0.5) is 0 Å². The smallest absolute Gasteiger partial charge is 0.226 e. The molecule has 0 aliphatic heterocycles. The number of oxazole rings is 1. The molecule has 0 aliphatic rings. The fourth-order valence-corrected chi connectivity index (χ4v) is 2.91. The first kappa shape index (κ1) is 14.4. The predicted molar refractivity (Wildman–Crippen MR) is 88.1 cm³/mol. The summed E-state index contributed by atoms with van der Waals surface area (Å²) < 4.78 is 5.52. The highest BCUT2D eigenvalue weighted by Crippen LogP contribution is 2.22. The summed E-state index contributed by atoms with van der Waals surface area (Å²) in [5, 5.41) is 8.78. The van der Waals surface area contributed by atoms with E-state index in [4.69, 9.17) is 9.68 Å². The number of hydrogen-bond donors (Lipinski definition) is 0. The summed E-state index contributed by atoms with van der Waals surface area (Å²) in [7, 11) is 0. The molecule has 0 atom stereocenters. The van der Waals surface area contributed by atoms with Gasteiger partial charge in [0, 0.05) is 17.1 Å². The minimum atomic E-state index is 0.662. The fraction of sp³-hybridized carbons (Fsp3) is 0.111. The first-order valence-corrected chi connectivity index (χ1v) is 8.07. The summed E-state index contributed by atoms with van der Waals surface area (Å²) in [4.78, 5) is 4.51. The van der Waals surface area contributed by atoms with Crippen molar-refractivity contribution in [1.29, 1.82) is 5.26 Å². The van der Waals surface area contributed by atoms with E-state index in [0.717, 1.165) is 22.8 Å². The van der Waals surface area contributed by atoms with Gasteiger partial charge in [-0.2, -0.15) is 17.0 Å². The van der Waals surface area contributed by atoms with Crippen LogP contribution in [0.3, 0.4) is 0 Å². The molecular weight excluding hydrogens is 292 g/mol. The summed E-state index contributed by atoms with van der Waals surface area (Å²) >= 11 is 1.78. The van der Waals surface area contributed by atoms with Crippen LogP contribution in [-0.4, -0.2) is 4.98 Å². The van der Waals surface area contributed by atoms with Crippen LogP contribution in [0.25, 0.3) is 11.5 Å². The molecule has 108 valence electrons. The van der Waals surface area contributed by atoms with Gasteiger partial charge in [0.2, 0.25) is 5.89 Å². The van der Waals surface area contributed by atoms with E-state index in [1.54, 1.807) is 18.0 Å². The average molecular weight is 306 g/mol. The lowest BCUT2D eigenvalue weighted by Crippen LogP contribution is -1.85. The maximum absolute atomic E-state index is 8.78. The van der Waals surface area contributed by atoms with Crippen LogP contribution in [0.5, 0.6) is 0 Å². The van der Waals surface area contributed by atoms with E-state index in [1.807, 2.05) is 54.6 Å². The van der Waals surface area contributed by atoms with Gasteiger partial charge in [-0.05, 0) is 29.8 Å². The molecular formula is C18H14N2OS. The van der Waals surface area contributed by atoms with Crippen LogP contribution in [0.1, 0.15) is 16.8 Å². The molecule has 3 aromatic rings. The van der Waals surface area contributed by atoms with E-state index in [9.17, 15) is 0 Å². The molecule has 4 heteroatoms. The van der Waals surface area contributed by atoms with Crippen LogP contribution in [-0.2, 0) is 11.5 Å². The number of nitrogens with zero attached hydrogens (tertiary/aromatic N) is 2. The van der Waals surface area contributed by atoms with Crippen LogP contribution >= 0.6 is 11.8 Å². The molecule has 0 bridgehead atoms. The van der Waals surface area contributed by atoms with Crippen molar-refractivity contribution in [2.45, 2.75) is 11.5 Å². The second kappa shape index (κ2) is 6.97. The Morgan fingerprint density at radius 2 is 1.77 bits per heavy atom. The van der Waals surface area contributed by atoms with Crippen LogP contribution < -0.4 is 0 Å². The second-order valence-electron chi connectivity index (χ2n) is 4.81. The van der Waals surface area contributed by atoms with Crippen LogP contribution in [0, 0.1) is 11.3 Å². The maximum atomic E-state index is 8.78. The van der Waals surface area contributed by atoms with Gasteiger partial charge in [0.1, 0.15) is 6.26 Å². The molecule has 3 rings (SSSR count). The van der Waals surface area contributed by atoms with Gasteiger partial charge in [-0.3, -0.25) is 0 Å². The first-order chi connectivity index (χ1) is 10.8. The number of thioether (sulfide) groups is 1. The Balaban J connectivity index is 1.56. The quantitative estimate of drug-likeness (QED) is 0.688. The topological polar surface area (TPSA) is 49.8 Å². The second-order valence-corrected chi connectivity index (χ2v) is 5.80. The Morgan fingerprint density at radius 1 is 1.00 bits per heavy atom. The summed E-state index contributed by atoms with van der Waals surface area (Å²) in [5.74, 6) is 2.35. The zero-order chi connectivity index (χ0) is 15.2. The Hall–Kier alpha value is -2.51. The highest BCUT2D eigenvalue weighted by atomic mass is 32.2. The molecule has 0 N–H and O–H groups in total. The lowest BCUT2D eigenvalue weighted by molar-refractivity contribution is 0.573. The molecule has 3 nitrogen and oxygen atoms in total. The van der Waals surface area contributed by atoms with Gasteiger partial charge in [-0.1, -0.05) is 30.3 Å². The van der Waals surface area contributed by atoms with Crippen molar-refractivity contribution < 1.29 is 4.42 Å². The average Bonchev–Trinajstić information content (AvgIpc) is 3.05. The summed E-state index contributed by atoms with van der Waals surface area (Å²) in [5.41, 5.74) is 3.83. The molecule has 22 heavy (non-hydrogen) atoms. The van der Waals surface area contributed by atoms with E-state index in [-0.39, 0.29) is 0 Å². The summed E-state index contributed by atoms with van der Waals surface area (Å²) in [6.07, 6.45) is 1.72. The highest BCUT2D eigenvalue weighted by Gasteiger charge is 2.06. The molecule has 0 amide bonds. The van der Waals surface area contributed by atoms with Gasteiger partial charge in [0.15, 0.2) is 0 Å². The zero-order valence-electron chi connectivity index (χ0n) is 11.9. The van der Waals surface area contributed by atoms with Gasteiger partial charge < -0.3 is 4.42 Å². The van der Waals surface area contributed by atoms with Crippen molar-refractivity contribution in [1.82, 2.24) is 4.98 Å². The summed E-state index contributed by atoms with van der Waals surface area (Å²) in [6.45, 7) is 0. The number of aromatic nitrogens is 1. The van der Waals surface area contributed by atoms with Crippen molar-refractivity contribution in [3.8, 4) is 17.5 Å². The van der Waals surface area contributed by atoms with Gasteiger partial charge in [-0.25, -0.2) is 4.98 Å². The lowest BCUT2D eigenvalue weighted by Gasteiger charge is -2.00. The molecule has 0 fully saturated rings. The highest BCUT2D eigenvalue weighted by molar-refractivity contribution is 7.97. The molecule has 0 spiro atoms. The molecule has 0 radical (unpaired) electrons. The molecule has 0 aliphatic carbocycles. The van der Waals surface area contributed by atoms with Crippen molar-refractivity contribution >= 4 is 11.8 Å². The monoisotopic (exact) mass is 306 g/mol. The number of benzene rings is 2. The van der Waals surface area contributed by atoms with Gasteiger partial charge >= 0.3 is 0 Å². The number of hydrogen-bond acceptors (Lipinski definition) is 4. The van der Waals surface area contributed by atoms with Crippen molar-refractivity contribution in [2.75, 3.05) is 0 Å². The predicted octanol–water partition coefficient (Wildman–Crippen LogP) is 4.65. The van der Waals surface area contributed by atoms with Crippen molar-refractivity contribution in [3.05, 3.63) is 77.7 Å². The minimum absolute atomic E-state index is 0.662. The first-order valence-electron chi connectivity index (χ1n) is 6.92. The minimum Gasteiger partial charge on any atom is -0.444 e. The Labute approximate surface area is 133 Å². The summed E-state index contributed by atoms with van der Waals surface area (Å²) in [6, 6.07) is 19.7. The van der Waals surface area contributed by atoms with Crippen LogP contribution in [0.15, 0.2) is 65.3 Å². The molecule has 1 heterocycles. The Kier molecular flexibility index (Phi) is 4.57. The Morgan fingerprint density at radius 3 is 2.50 bits per heavy atom. The van der Waals surface area contributed by atoms with Gasteiger partial charge in [-0.15, -0.1) is 0 Å². The van der Waals surface area contributed by atoms with E-state index < -0.39 is 0 Å². The van der Waals surface area contributed by atoms with Crippen LogP contribution in [0.2, 0.25) is 0 Å². The molecule has 2 aromatic carbocycles. The van der Waals surface area contributed by atoms with Crippen molar-refractivity contribution in [3.63, 3.8) is 0 Å². The number of nitriles is 1. The van der Waals surface area contributed by atoms with E-state index in [0.29, 0.717) is 11.5 Å². The third kappa shape index (κ3) is 3.57. The normalized spacial score (nSPS) is 10.3. The van der Waals surface area contributed by atoms with E-state index in [1.165, 1.54) is 5.56 Å². The molecule has 0 saturated carbocycles. The van der Waals surface area contributed by atoms with E-state index >= 15 is 0 Å². The van der Waals surface area contributed by atoms with Gasteiger partial charge in [0.05, 0.1) is 17.3 Å². The van der Waals surface area contributed by atoms with E-state index in [2.05, 4.69) is 11.1 Å². The fourth-order valence-electron chi connectivity index (χ4n) is 2.04.